The molecule has 2 aromatic carbocycles. The van der Waals surface area contributed by atoms with Gasteiger partial charge in [0, 0.05) is 9.79 Å². The number of hydrogen-bond donors (Lipinski definition) is 0. The molecule has 0 heterocycles. The van der Waals surface area contributed by atoms with E-state index in [1.165, 1.54) is 0 Å². The lowest BCUT2D eigenvalue weighted by Gasteiger charge is -2.10. The molecule has 0 aromatic heterocycles. The lowest BCUT2D eigenvalue weighted by molar-refractivity contribution is 0.564. The van der Waals surface area contributed by atoms with Gasteiger partial charge in [-0.2, -0.15) is 9.98 Å². The van der Waals surface area contributed by atoms with Crippen LogP contribution in [0.4, 0.5) is 11.4 Å². The van der Waals surface area contributed by atoms with Crippen molar-refractivity contribution in [3.8, 4) is 0 Å². The average Bonchev–Trinajstić information content (AvgIpc) is 2.68. The molecule has 0 amide bonds. The van der Waals surface area contributed by atoms with E-state index in [-0.39, 0.29) is 0 Å². The molecular formula is C21H22N2O2S2. The first-order chi connectivity index (χ1) is 13.2. The minimum atomic E-state index is 0.669. The maximum Gasteiger partial charge on any atom is 0.240 e. The lowest BCUT2D eigenvalue weighted by Crippen LogP contribution is -1.91. The monoisotopic (exact) mass is 398 g/mol. The third kappa shape index (κ3) is 6.53. The van der Waals surface area contributed by atoms with Crippen molar-refractivity contribution in [3.05, 3.63) is 47.5 Å². The van der Waals surface area contributed by atoms with Crippen molar-refractivity contribution in [2.75, 3.05) is 11.5 Å². The Morgan fingerprint density at radius 1 is 0.778 bits per heavy atom. The van der Waals surface area contributed by atoms with Gasteiger partial charge in [0.05, 0.1) is 11.4 Å². The SMILES string of the molecule is CCCSc1cc(Cc2ccc(N=C=O)c(SCCC)c2)ccc1N=C=O. The van der Waals surface area contributed by atoms with E-state index in [0.717, 1.165) is 51.7 Å². The Labute approximate surface area is 168 Å². The fraction of sp³-hybridized carbons (Fsp3) is 0.333. The molecule has 0 unspecified atom stereocenters. The Hall–Kier alpha value is -2.10. The molecule has 0 N–H and O–H groups in total. The number of nitrogens with zero attached hydrogens (tertiary/aromatic N) is 2. The average molecular weight is 399 g/mol. The molecule has 0 saturated heterocycles. The lowest BCUT2D eigenvalue weighted by atomic mass is 10.0. The first-order valence-corrected chi connectivity index (χ1v) is 10.9. The number of benzene rings is 2. The molecule has 0 aliphatic carbocycles. The summed E-state index contributed by atoms with van der Waals surface area (Å²) in [5.41, 5.74) is 3.64. The Kier molecular flexibility index (Phi) is 9.09. The van der Waals surface area contributed by atoms with Crippen LogP contribution in [0, 0.1) is 0 Å². The first-order valence-electron chi connectivity index (χ1n) is 8.89. The highest BCUT2D eigenvalue weighted by Gasteiger charge is 2.08. The van der Waals surface area contributed by atoms with Crippen LogP contribution >= 0.6 is 23.5 Å². The van der Waals surface area contributed by atoms with Crippen LogP contribution in [-0.2, 0) is 16.0 Å². The van der Waals surface area contributed by atoms with Crippen LogP contribution in [0.3, 0.4) is 0 Å². The Bertz CT molecular complexity index is 799. The van der Waals surface area contributed by atoms with Crippen LogP contribution in [-0.4, -0.2) is 23.7 Å². The van der Waals surface area contributed by atoms with Gasteiger partial charge in [-0.25, -0.2) is 9.59 Å². The normalized spacial score (nSPS) is 10.1. The minimum absolute atomic E-state index is 0.669. The number of isocyanates is 2. The predicted octanol–water partition coefficient (Wildman–Crippen LogP) is 6.22. The predicted molar refractivity (Wildman–Crippen MR) is 113 cm³/mol. The van der Waals surface area contributed by atoms with Crippen LogP contribution in [0.25, 0.3) is 0 Å². The van der Waals surface area contributed by atoms with E-state index in [1.807, 2.05) is 24.3 Å². The molecule has 140 valence electrons. The maximum atomic E-state index is 10.6. The number of aliphatic imine (C=N–C) groups is 2. The van der Waals surface area contributed by atoms with Crippen molar-refractivity contribution in [2.45, 2.75) is 42.9 Å². The van der Waals surface area contributed by atoms with Gasteiger partial charge in [0.1, 0.15) is 0 Å². The van der Waals surface area contributed by atoms with Crippen LogP contribution in [0.15, 0.2) is 56.2 Å². The van der Waals surface area contributed by atoms with Crippen molar-refractivity contribution in [3.63, 3.8) is 0 Å². The van der Waals surface area contributed by atoms with Crippen molar-refractivity contribution in [2.24, 2.45) is 9.98 Å². The van der Waals surface area contributed by atoms with Crippen LogP contribution in [0.1, 0.15) is 37.8 Å². The molecule has 2 rings (SSSR count). The topological polar surface area (TPSA) is 58.9 Å². The van der Waals surface area contributed by atoms with E-state index in [2.05, 4.69) is 36.0 Å². The summed E-state index contributed by atoms with van der Waals surface area (Å²) >= 11 is 3.40. The van der Waals surface area contributed by atoms with E-state index >= 15 is 0 Å². The second-order valence-electron chi connectivity index (χ2n) is 5.88. The molecule has 0 bridgehead atoms. The molecule has 0 aliphatic heterocycles. The number of thioether (sulfide) groups is 2. The summed E-state index contributed by atoms with van der Waals surface area (Å²) in [6.45, 7) is 4.25. The summed E-state index contributed by atoms with van der Waals surface area (Å²) in [6, 6.07) is 11.9. The van der Waals surface area contributed by atoms with E-state index in [4.69, 9.17) is 0 Å². The molecule has 0 saturated carbocycles. The van der Waals surface area contributed by atoms with Gasteiger partial charge >= 0.3 is 0 Å². The first kappa shape index (κ1) is 21.2. The molecule has 0 spiro atoms. The summed E-state index contributed by atoms with van der Waals surface area (Å²) in [5.74, 6) is 1.95. The third-order valence-electron chi connectivity index (χ3n) is 3.71. The Morgan fingerprint density at radius 3 is 1.59 bits per heavy atom. The molecular weight excluding hydrogens is 376 g/mol. The fourth-order valence-corrected chi connectivity index (χ4v) is 4.35. The summed E-state index contributed by atoms with van der Waals surface area (Å²) in [4.78, 5) is 30.9. The molecule has 0 fully saturated rings. The second-order valence-corrected chi connectivity index (χ2v) is 8.16. The van der Waals surface area contributed by atoms with Crippen molar-refractivity contribution >= 4 is 47.1 Å². The van der Waals surface area contributed by atoms with Gasteiger partial charge in [-0.1, -0.05) is 26.0 Å². The Balaban J connectivity index is 2.29. The summed E-state index contributed by atoms with van der Waals surface area (Å²) in [5, 5.41) is 0. The molecule has 0 radical (unpaired) electrons. The van der Waals surface area contributed by atoms with E-state index in [1.54, 1.807) is 35.7 Å². The molecule has 4 nitrogen and oxygen atoms in total. The molecule has 2 aromatic rings. The van der Waals surface area contributed by atoms with Gasteiger partial charge in [-0.3, -0.25) is 0 Å². The smallest absolute Gasteiger partial charge is 0.211 e. The quantitative estimate of drug-likeness (QED) is 0.271. The fourth-order valence-electron chi connectivity index (χ4n) is 2.51. The minimum Gasteiger partial charge on any atom is -0.211 e. The van der Waals surface area contributed by atoms with Crippen LogP contribution < -0.4 is 0 Å². The zero-order chi connectivity index (χ0) is 19.5. The van der Waals surface area contributed by atoms with Gasteiger partial charge in [-0.05, 0) is 66.2 Å². The summed E-state index contributed by atoms with van der Waals surface area (Å²) < 4.78 is 0. The number of hydrogen-bond acceptors (Lipinski definition) is 6. The highest BCUT2D eigenvalue weighted by Crippen LogP contribution is 2.34. The van der Waals surface area contributed by atoms with Gasteiger partial charge < -0.3 is 0 Å². The number of rotatable bonds is 10. The highest BCUT2D eigenvalue weighted by atomic mass is 32.2. The van der Waals surface area contributed by atoms with Crippen molar-refractivity contribution in [1.82, 2.24) is 0 Å². The number of carbonyl (C=O) groups excluding carboxylic acids is 2. The van der Waals surface area contributed by atoms with Gasteiger partial charge in [0.2, 0.25) is 12.2 Å². The van der Waals surface area contributed by atoms with Gasteiger partial charge in [0.25, 0.3) is 0 Å². The Morgan fingerprint density at radius 2 is 1.22 bits per heavy atom. The van der Waals surface area contributed by atoms with Gasteiger partial charge in [0.15, 0.2) is 0 Å². The maximum absolute atomic E-state index is 10.6. The standard InChI is InChI=1S/C21H22N2O2S2/c1-3-9-26-20-12-16(5-7-18(20)22-14-24)11-17-6-8-19(23-15-25)21(13-17)27-10-4-2/h5-8,12-13H,3-4,9-11H2,1-2H3. The third-order valence-corrected chi connectivity index (χ3v) is 6.21. The van der Waals surface area contributed by atoms with E-state index in [9.17, 15) is 9.59 Å². The second kappa shape index (κ2) is 11.6. The molecule has 0 atom stereocenters. The van der Waals surface area contributed by atoms with E-state index in [0.29, 0.717) is 11.4 Å². The molecule has 0 aliphatic rings. The van der Waals surface area contributed by atoms with Crippen molar-refractivity contribution in [1.29, 1.82) is 0 Å². The zero-order valence-electron chi connectivity index (χ0n) is 15.5. The van der Waals surface area contributed by atoms with Crippen LogP contribution in [0.5, 0.6) is 0 Å². The largest absolute Gasteiger partial charge is 0.240 e. The van der Waals surface area contributed by atoms with E-state index < -0.39 is 0 Å². The zero-order valence-corrected chi connectivity index (χ0v) is 17.2. The summed E-state index contributed by atoms with van der Waals surface area (Å²) in [7, 11) is 0. The highest BCUT2D eigenvalue weighted by molar-refractivity contribution is 7.99. The molecule has 6 heteroatoms. The summed E-state index contributed by atoms with van der Waals surface area (Å²) in [6.07, 6.45) is 6.13. The van der Waals surface area contributed by atoms with Gasteiger partial charge in [-0.15, -0.1) is 23.5 Å². The molecule has 27 heavy (non-hydrogen) atoms. The van der Waals surface area contributed by atoms with Crippen molar-refractivity contribution < 1.29 is 9.59 Å². The van der Waals surface area contributed by atoms with Crippen LogP contribution in [0.2, 0.25) is 0 Å².